The highest BCUT2D eigenvalue weighted by Crippen LogP contribution is 2.35. The lowest BCUT2D eigenvalue weighted by atomic mass is 10.1. The van der Waals surface area contributed by atoms with Crippen molar-refractivity contribution in [3.8, 4) is 6.07 Å². The minimum Gasteiger partial charge on any atom is -0.344 e. The molecule has 0 bridgehead atoms. The van der Waals surface area contributed by atoms with E-state index in [2.05, 4.69) is 33.4 Å². The maximum absolute atomic E-state index is 12.3. The summed E-state index contributed by atoms with van der Waals surface area (Å²) < 4.78 is 0. The van der Waals surface area contributed by atoms with E-state index < -0.39 is 0 Å². The summed E-state index contributed by atoms with van der Waals surface area (Å²) >= 11 is 3.65. The Morgan fingerprint density at radius 1 is 1.19 bits per heavy atom. The van der Waals surface area contributed by atoms with E-state index >= 15 is 0 Å². The fourth-order valence-electron chi connectivity index (χ4n) is 2.64. The third kappa shape index (κ3) is 2.70. The van der Waals surface area contributed by atoms with Gasteiger partial charge in [-0.3, -0.25) is 4.79 Å². The van der Waals surface area contributed by atoms with E-state index in [0.717, 1.165) is 6.42 Å². The molecule has 1 N–H and O–H groups in total. The van der Waals surface area contributed by atoms with Gasteiger partial charge in [-0.1, -0.05) is 40.2 Å². The molecule has 1 amide bonds. The van der Waals surface area contributed by atoms with Gasteiger partial charge in [0.05, 0.1) is 17.7 Å². The second kappa shape index (κ2) is 5.71. The molecule has 0 spiro atoms. The number of nitrogens with one attached hydrogen (secondary N) is 1. The number of rotatable bonds is 2. The number of hydrogen-bond donors (Lipinski definition) is 1. The summed E-state index contributed by atoms with van der Waals surface area (Å²) in [5, 5.41) is 11.9. The first-order chi connectivity index (χ1) is 10.2. The summed E-state index contributed by atoms with van der Waals surface area (Å²) in [5.41, 5.74) is 3.56. The summed E-state index contributed by atoms with van der Waals surface area (Å²) in [6.45, 7) is 0. The van der Waals surface area contributed by atoms with Crippen LogP contribution in [0, 0.1) is 11.3 Å². The van der Waals surface area contributed by atoms with Crippen LogP contribution < -0.4 is 5.32 Å². The van der Waals surface area contributed by atoms with Crippen molar-refractivity contribution < 1.29 is 4.79 Å². The van der Waals surface area contributed by atoms with Gasteiger partial charge in [0.1, 0.15) is 0 Å². The van der Waals surface area contributed by atoms with Crippen LogP contribution in [0.4, 0.5) is 0 Å². The van der Waals surface area contributed by atoms with Crippen LogP contribution in [-0.4, -0.2) is 10.7 Å². The van der Waals surface area contributed by atoms with Gasteiger partial charge in [0, 0.05) is 10.4 Å². The molecule has 2 atom stereocenters. The van der Waals surface area contributed by atoms with Gasteiger partial charge in [-0.05, 0) is 41.8 Å². The van der Waals surface area contributed by atoms with Crippen molar-refractivity contribution >= 4 is 21.8 Å². The second-order valence-corrected chi connectivity index (χ2v) is 6.24. The zero-order chi connectivity index (χ0) is 14.8. The second-order valence-electron chi connectivity index (χ2n) is 5.06. The van der Waals surface area contributed by atoms with E-state index in [4.69, 9.17) is 5.26 Å². The monoisotopic (exact) mass is 340 g/mol. The van der Waals surface area contributed by atoms with E-state index in [1.807, 2.05) is 18.2 Å². The fourth-order valence-corrected chi connectivity index (χ4v) is 3.40. The Morgan fingerprint density at radius 2 is 1.90 bits per heavy atom. The third-order valence-electron chi connectivity index (χ3n) is 3.73. The molecule has 2 unspecified atom stereocenters. The molecule has 21 heavy (non-hydrogen) atoms. The molecule has 0 saturated carbocycles. The number of hydrogen-bond acceptors (Lipinski definition) is 2. The predicted molar refractivity (Wildman–Crippen MR) is 84.2 cm³/mol. The smallest absolute Gasteiger partial charge is 0.251 e. The highest BCUT2D eigenvalue weighted by Gasteiger charge is 2.31. The van der Waals surface area contributed by atoms with Gasteiger partial charge in [-0.25, -0.2) is 0 Å². The van der Waals surface area contributed by atoms with Crippen molar-refractivity contribution in [3.63, 3.8) is 0 Å². The van der Waals surface area contributed by atoms with E-state index in [1.165, 1.54) is 11.1 Å². The van der Waals surface area contributed by atoms with Crippen LogP contribution in [0.2, 0.25) is 0 Å². The van der Waals surface area contributed by atoms with Gasteiger partial charge < -0.3 is 5.32 Å². The molecule has 1 aliphatic rings. The predicted octanol–water partition coefficient (Wildman–Crippen LogP) is 3.35. The van der Waals surface area contributed by atoms with E-state index in [1.54, 1.807) is 24.3 Å². The van der Waals surface area contributed by atoms with Crippen LogP contribution in [0.25, 0.3) is 0 Å². The highest BCUT2D eigenvalue weighted by atomic mass is 79.9. The van der Waals surface area contributed by atoms with Gasteiger partial charge in [0.15, 0.2) is 0 Å². The minimum absolute atomic E-state index is 0.0238. The van der Waals surface area contributed by atoms with E-state index in [9.17, 15) is 4.79 Å². The standard InChI is InChI=1S/C17H13BrN2O/c18-15-9-13-3-1-2-4-14(13)16(15)20-17(21)12-7-5-11(10-19)6-8-12/h1-8,15-16H,9H2,(H,20,21). The lowest BCUT2D eigenvalue weighted by Gasteiger charge is -2.17. The number of benzene rings is 2. The molecule has 0 aliphatic heterocycles. The topological polar surface area (TPSA) is 52.9 Å². The quantitative estimate of drug-likeness (QED) is 0.852. The third-order valence-corrected chi connectivity index (χ3v) is 4.58. The van der Waals surface area contributed by atoms with Crippen LogP contribution in [0.5, 0.6) is 0 Å². The van der Waals surface area contributed by atoms with Crippen molar-refractivity contribution in [3.05, 3.63) is 70.8 Å². The van der Waals surface area contributed by atoms with E-state index in [-0.39, 0.29) is 16.8 Å². The zero-order valence-corrected chi connectivity index (χ0v) is 12.8. The lowest BCUT2D eigenvalue weighted by Crippen LogP contribution is -2.31. The Balaban J connectivity index is 1.80. The largest absolute Gasteiger partial charge is 0.344 e. The molecule has 3 nitrogen and oxygen atoms in total. The van der Waals surface area contributed by atoms with Gasteiger partial charge in [-0.15, -0.1) is 0 Å². The maximum Gasteiger partial charge on any atom is 0.251 e. The normalized spacial score (nSPS) is 19.6. The maximum atomic E-state index is 12.3. The molecule has 0 aromatic heterocycles. The number of nitriles is 1. The number of carbonyl (C=O) groups is 1. The van der Waals surface area contributed by atoms with Crippen molar-refractivity contribution in [2.75, 3.05) is 0 Å². The van der Waals surface area contributed by atoms with E-state index in [0.29, 0.717) is 11.1 Å². The van der Waals surface area contributed by atoms with Crippen molar-refractivity contribution in [2.24, 2.45) is 0 Å². The number of halogens is 1. The Bertz CT molecular complexity index is 718. The lowest BCUT2D eigenvalue weighted by molar-refractivity contribution is 0.0938. The molecule has 4 heteroatoms. The highest BCUT2D eigenvalue weighted by molar-refractivity contribution is 9.09. The first-order valence-electron chi connectivity index (χ1n) is 6.72. The Hall–Kier alpha value is -2.12. The molecule has 104 valence electrons. The summed E-state index contributed by atoms with van der Waals surface area (Å²) in [6.07, 6.45) is 0.911. The van der Waals surface area contributed by atoms with Gasteiger partial charge >= 0.3 is 0 Å². The Kier molecular flexibility index (Phi) is 3.76. The Morgan fingerprint density at radius 3 is 2.62 bits per heavy atom. The summed E-state index contributed by atoms with van der Waals surface area (Å²) in [7, 11) is 0. The molecule has 0 saturated heterocycles. The molecule has 0 fully saturated rings. The number of alkyl halides is 1. The number of nitrogens with zero attached hydrogens (tertiary/aromatic N) is 1. The number of amides is 1. The first kappa shape index (κ1) is 13.8. The molecule has 2 aromatic carbocycles. The number of fused-ring (bicyclic) bond motifs is 1. The van der Waals surface area contributed by atoms with Crippen molar-refractivity contribution in [1.82, 2.24) is 5.32 Å². The van der Waals surface area contributed by atoms with Crippen molar-refractivity contribution in [2.45, 2.75) is 17.3 Å². The van der Waals surface area contributed by atoms with Crippen LogP contribution in [0.15, 0.2) is 48.5 Å². The average Bonchev–Trinajstić information content (AvgIpc) is 2.83. The van der Waals surface area contributed by atoms with Gasteiger partial charge in [0.2, 0.25) is 0 Å². The molecule has 3 rings (SSSR count). The van der Waals surface area contributed by atoms with Crippen LogP contribution >= 0.6 is 15.9 Å². The molecule has 0 heterocycles. The first-order valence-corrected chi connectivity index (χ1v) is 7.63. The Labute approximate surface area is 131 Å². The van der Waals surface area contributed by atoms with Crippen molar-refractivity contribution in [1.29, 1.82) is 5.26 Å². The fraction of sp³-hybridized carbons (Fsp3) is 0.176. The van der Waals surface area contributed by atoms with Crippen LogP contribution in [0.1, 0.15) is 33.1 Å². The number of carbonyl (C=O) groups excluding carboxylic acids is 1. The molecular weight excluding hydrogens is 328 g/mol. The molecule has 2 aromatic rings. The van der Waals surface area contributed by atoms with Gasteiger partial charge in [0.25, 0.3) is 5.91 Å². The summed E-state index contributed by atoms with van der Waals surface area (Å²) in [6, 6.07) is 16.9. The average molecular weight is 341 g/mol. The SMILES string of the molecule is N#Cc1ccc(C(=O)NC2c3ccccc3CC2Br)cc1. The summed E-state index contributed by atoms with van der Waals surface area (Å²) in [5.74, 6) is -0.120. The summed E-state index contributed by atoms with van der Waals surface area (Å²) in [4.78, 5) is 12.5. The minimum atomic E-state index is -0.120. The van der Waals surface area contributed by atoms with Gasteiger partial charge in [-0.2, -0.15) is 5.26 Å². The molecule has 0 radical (unpaired) electrons. The zero-order valence-electron chi connectivity index (χ0n) is 11.2. The van der Waals surface area contributed by atoms with Crippen LogP contribution in [0.3, 0.4) is 0 Å². The molecular formula is C17H13BrN2O. The van der Waals surface area contributed by atoms with Crippen LogP contribution in [-0.2, 0) is 6.42 Å². The molecule has 1 aliphatic carbocycles.